The molecule has 0 saturated heterocycles. The van der Waals surface area contributed by atoms with E-state index in [0.717, 1.165) is 0 Å². The first-order valence-electron chi connectivity index (χ1n) is 8.04. The van der Waals surface area contributed by atoms with E-state index in [1.165, 1.54) is 18.2 Å². The summed E-state index contributed by atoms with van der Waals surface area (Å²) >= 11 is 5.88. The van der Waals surface area contributed by atoms with E-state index in [1.807, 2.05) is 0 Å². The van der Waals surface area contributed by atoms with Crippen molar-refractivity contribution >= 4 is 34.1 Å². The van der Waals surface area contributed by atoms with Crippen LogP contribution < -0.4 is 0 Å². The summed E-state index contributed by atoms with van der Waals surface area (Å²) in [4.78, 5) is 24.0. The van der Waals surface area contributed by atoms with E-state index in [1.54, 1.807) is 36.4 Å². The minimum atomic E-state index is -1.10. The Hall–Kier alpha value is -3.25. The maximum Gasteiger partial charge on any atom is 0.307 e. The molecular weight excluding hydrogens is 368 g/mol. The van der Waals surface area contributed by atoms with Crippen LogP contribution >= 0.6 is 11.6 Å². The summed E-state index contributed by atoms with van der Waals surface area (Å²) in [5.74, 6) is -1.54. The number of Topliss-reactive ketones (excluding diaryl/α,β-unsaturated/α-hetero) is 1. The van der Waals surface area contributed by atoms with Crippen LogP contribution in [0, 0.1) is 5.53 Å². The number of benzene rings is 3. The van der Waals surface area contributed by atoms with Gasteiger partial charge >= 0.3 is 5.97 Å². The molecule has 0 saturated carbocycles. The second kappa shape index (κ2) is 7.55. The number of hydrogen-bond donors (Lipinski definition) is 3. The predicted octanol–water partition coefficient (Wildman–Crippen LogP) is 4.78. The lowest BCUT2D eigenvalue weighted by Crippen LogP contribution is -2.12. The Labute approximate surface area is 159 Å². The molecule has 0 spiro atoms. The molecule has 27 heavy (non-hydrogen) atoms. The standard InChI is InChI=1S/C20H15ClN2O4/c21-16-9-12(6-8-17(16)24)20(27)19(23-22)15-7-5-11(10-18(25)26)13-3-1-2-4-14(13)15/h1-9,19,22,24H,10H2,(H,25,26). The number of fused-ring (bicyclic) bond motifs is 1. The Bertz CT molecular complexity index is 1070. The highest BCUT2D eigenvalue weighted by molar-refractivity contribution is 6.32. The lowest BCUT2D eigenvalue weighted by molar-refractivity contribution is -0.136. The van der Waals surface area contributed by atoms with Gasteiger partial charge in [0, 0.05) is 5.56 Å². The number of halogens is 1. The molecule has 7 heteroatoms. The summed E-state index contributed by atoms with van der Waals surface area (Å²) in [7, 11) is 0. The zero-order chi connectivity index (χ0) is 19.6. The van der Waals surface area contributed by atoms with E-state index >= 15 is 0 Å². The number of aromatic hydroxyl groups is 1. The van der Waals surface area contributed by atoms with Crippen molar-refractivity contribution in [3.63, 3.8) is 0 Å². The largest absolute Gasteiger partial charge is 0.506 e. The van der Waals surface area contributed by atoms with E-state index in [-0.39, 0.29) is 22.8 Å². The molecule has 1 unspecified atom stereocenters. The number of carbonyl (C=O) groups excluding carboxylic acids is 1. The Kier molecular flexibility index (Phi) is 5.19. The quantitative estimate of drug-likeness (QED) is 0.420. The maximum absolute atomic E-state index is 12.9. The first-order valence-corrected chi connectivity index (χ1v) is 8.41. The van der Waals surface area contributed by atoms with Crippen LogP contribution in [0.25, 0.3) is 10.8 Å². The van der Waals surface area contributed by atoms with E-state index in [2.05, 4.69) is 5.11 Å². The number of nitrogens with one attached hydrogen (secondary N) is 1. The van der Waals surface area contributed by atoms with Gasteiger partial charge in [-0.05, 0) is 40.1 Å². The molecule has 136 valence electrons. The average molecular weight is 383 g/mol. The molecule has 3 N–H and O–H groups in total. The molecule has 3 rings (SSSR count). The number of carboxylic acids is 1. The maximum atomic E-state index is 12.9. The van der Waals surface area contributed by atoms with Crippen LogP contribution in [-0.2, 0) is 11.2 Å². The summed E-state index contributed by atoms with van der Waals surface area (Å²) in [6, 6.07) is 13.3. The molecular formula is C20H15ClN2O4. The molecule has 0 aromatic heterocycles. The number of carbonyl (C=O) groups is 2. The number of phenols is 1. The van der Waals surface area contributed by atoms with Crippen LogP contribution in [-0.4, -0.2) is 22.0 Å². The zero-order valence-electron chi connectivity index (χ0n) is 14.0. The van der Waals surface area contributed by atoms with Crippen molar-refractivity contribution in [2.24, 2.45) is 5.11 Å². The molecule has 0 aliphatic rings. The molecule has 0 aliphatic heterocycles. The van der Waals surface area contributed by atoms with Crippen molar-refractivity contribution in [3.05, 3.63) is 76.3 Å². The summed E-state index contributed by atoms with van der Waals surface area (Å²) in [6.45, 7) is 0. The Morgan fingerprint density at radius 3 is 2.41 bits per heavy atom. The zero-order valence-corrected chi connectivity index (χ0v) is 14.8. The van der Waals surface area contributed by atoms with Gasteiger partial charge in [-0.1, -0.05) is 48.0 Å². The summed E-state index contributed by atoms with van der Waals surface area (Å²) in [5, 5.41) is 23.5. The van der Waals surface area contributed by atoms with Gasteiger partial charge in [-0.15, -0.1) is 0 Å². The van der Waals surface area contributed by atoms with Crippen molar-refractivity contribution < 1.29 is 19.8 Å². The van der Waals surface area contributed by atoms with Gasteiger partial charge in [-0.3, -0.25) is 9.59 Å². The summed E-state index contributed by atoms with van der Waals surface area (Å²) < 4.78 is 0. The van der Waals surface area contributed by atoms with E-state index < -0.39 is 17.8 Å². The Morgan fingerprint density at radius 1 is 1.07 bits per heavy atom. The molecule has 0 aliphatic carbocycles. The number of hydrogen-bond acceptors (Lipinski definition) is 5. The van der Waals surface area contributed by atoms with Crippen LogP contribution in [0.15, 0.2) is 59.7 Å². The number of ketones is 1. The summed E-state index contributed by atoms with van der Waals surface area (Å²) in [5.41, 5.74) is 8.88. The van der Waals surface area contributed by atoms with Gasteiger partial charge in [-0.2, -0.15) is 5.11 Å². The van der Waals surface area contributed by atoms with E-state index in [4.69, 9.17) is 22.2 Å². The minimum Gasteiger partial charge on any atom is -0.506 e. The lowest BCUT2D eigenvalue weighted by atomic mass is 9.91. The van der Waals surface area contributed by atoms with Gasteiger partial charge in [0.05, 0.1) is 11.4 Å². The summed E-state index contributed by atoms with van der Waals surface area (Å²) in [6.07, 6.45) is -0.148. The highest BCUT2D eigenvalue weighted by Gasteiger charge is 2.25. The molecule has 1 atom stereocenters. The highest BCUT2D eigenvalue weighted by atomic mass is 35.5. The van der Waals surface area contributed by atoms with E-state index in [9.17, 15) is 14.7 Å². The molecule has 0 fully saturated rings. The van der Waals surface area contributed by atoms with Crippen LogP contribution in [0.5, 0.6) is 5.75 Å². The van der Waals surface area contributed by atoms with Crippen molar-refractivity contribution in [3.8, 4) is 5.75 Å². The number of rotatable bonds is 6. The second-order valence-electron chi connectivity index (χ2n) is 5.99. The molecule has 3 aromatic rings. The van der Waals surface area contributed by atoms with Crippen LogP contribution in [0.4, 0.5) is 0 Å². The Balaban J connectivity index is 2.11. The van der Waals surface area contributed by atoms with Gasteiger partial charge in [0.15, 0.2) is 11.8 Å². The molecule has 0 heterocycles. The van der Waals surface area contributed by atoms with Crippen molar-refractivity contribution in [2.75, 3.05) is 0 Å². The third kappa shape index (κ3) is 3.66. The fourth-order valence-corrected chi connectivity index (χ4v) is 3.21. The third-order valence-corrected chi connectivity index (χ3v) is 4.60. The van der Waals surface area contributed by atoms with Crippen LogP contribution in [0.1, 0.15) is 27.5 Å². The molecule has 6 nitrogen and oxygen atoms in total. The normalized spacial score (nSPS) is 11.9. The minimum absolute atomic E-state index is 0.0336. The SMILES string of the molecule is N=NC(C(=O)c1ccc(O)c(Cl)c1)c1ccc(CC(=O)O)c2ccccc12. The fraction of sp³-hybridized carbons (Fsp3) is 0.100. The number of carboxylic acid groups (broad SMARTS) is 1. The fourth-order valence-electron chi connectivity index (χ4n) is 3.03. The topological polar surface area (TPSA) is 111 Å². The van der Waals surface area contributed by atoms with Crippen molar-refractivity contribution in [1.82, 2.24) is 0 Å². The monoisotopic (exact) mass is 382 g/mol. The first-order chi connectivity index (χ1) is 12.9. The molecule has 0 bridgehead atoms. The predicted molar refractivity (Wildman–Crippen MR) is 101 cm³/mol. The second-order valence-corrected chi connectivity index (χ2v) is 6.40. The van der Waals surface area contributed by atoms with Crippen molar-refractivity contribution in [2.45, 2.75) is 12.5 Å². The Morgan fingerprint density at radius 2 is 1.78 bits per heavy atom. The smallest absolute Gasteiger partial charge is 0.307 e. The molecule has 3 aromatic carbocycles. The number of phenolic OH excluding ortho intramolecular Hbond substituents is 1. The highest BCUT2D eigenvalue weighted by Crippen LogP contribution is 2.33. The van der Waals surface area contributed by atoms with Crippen LogP contribution in [0.3, 0.4) is 0 Å². The third-order valence-electron chi connectivity index (χ3n) is 4.29. The van der Waals surface area contributed by atoms with Crippen LogP contribution in [0.2, 0.25) is 5.02 Å². The van der Waals surface area contributed by atoms with E-state index in [0.29, 0.717) is 21.9 Å². The number of aliphatic carboxylic acids is 1. The van der Waals surface area contributed by atoms with Crippen molar-refractivity contribution in [1.29, 1.82) is 5.53 Å². The van der Waals surface area contributed by atoms with Gasteiger partial charge in [0.2, 0.25) is 0 Å². The first kappa shape index (κ1) is 18.5. The average Bonchev–Trinajstić information content (AvgIpc) is 2.65. The molecule has 0 amide bonds. The van der Waals surface area contributed by atoms with Gasteiger partial charge in [0.1, 0.15) is 5.75 Å². The lowest BCUT2D eigenvalue weighted by Gasteiger charge is -2.15. The molecule has 0 radical (unpaired) electrons. The van der Waals surface area contributed by atoms with Gasteiger partial charge in [-0.25, -0.2) is 5.53 Å². The number of nitrogens with zero attached hydrogens (tertiary/aromatic N) is 1. The van der Waals surface area contributed by atoms with Gasteiger partial charge < -0.3 is 10.2 Å². The van der Waals surface area contributed by atoms with Gasteiger partial charge in [0.25, 0.3) is 0 Å².